The van der Waals surface area contributed by atoms with E-state index in [1.165, 1.54) is 24.8 Å². The topological polar surface area (TPSA) is 29.5 Å². The Morgan fingerprint density at radius 2 is 1.88 bits per heavy atom. The number of fused-ring (bicyclic) bond motifs is 1. The molecule has 1 saturated carbocycles. The SMILES string of the molecule is OC1c2ccccc2CCCC1OC1CCC1. The third kappa shape index (κ3) is 2.24. The minimum atomic E-state index is -0.436. The normalized spacial score (nSPS) is 29.2. The van der Waals surface area contributed by atoms with E-state index in [1.54, 1.807) is 0 Å². The first-order chi connectivity index (χ1) is 8.34. The van der Waals surface area contributed by atoms with Crippen molar-refractivity contribution in [3.63, 3.8) is 0 Å². The summed E-state index contributed by atoms with van der Waals surface area (Å²) in [5.41, 5.74) is 2.37. The van der Waals surface area contributed by atoms with Gasteiger partial charge in [0.15, 0.2) is 0 Å². The number of aryl methyl sites for hydroxylation is 1. The Morgan fingerprint density at radius 3 is 2.65 bits per heavy atom. The van der Waals surface area contributed by atoms with Crippen LogP contribution in [0.15, 0.2) is 24.3 Å². The van der Waals surface area contributed by atoms with Crippen molar-refractivity contribution >= 4 is 0 Å². The highest BCUT2D eigenvalue weighted by Gasteiger charge is 2.30. The van der Waals surface area contributed by atoms with Crippen molar-refractivity contribution in [2.45, 2.75) is 56.8 Å². The molecule has 0 spiro atoms. The van der Waals surface area contributed by atoms with E-state index < -0.39 is 6.10 Å². The van der Waals surface area contributed by atoms with Crippen LogP contribution >= 0.6 is 0 Å². The lowest BCUT2D eigenvalue weighted by Crippen LogP contribution is -2.31. The summed E-state index contributed by atoms with van der Waals surface area (Å²) in [4.78, 5) is 0. The molecule has 2 aliphatic carbocycles. The summed E-state index contributed by atoms with van der Waals surface area (Å²) in [5.74, 6) is 0. The fourth-order valence-electron chi connectivity index (χ4n) is 2.80. The second-order valence-corrected chi connectivity index (χ2v) is 5.26. The van der Waals surface area contributed by atoms with Crippen molar-refractivity contribution in [1.29, 1.82) is 0 Å². The number of rotatable bonds is 2. The van der Waals surface area contributed by atoms with E-state index in [1.807, 2.05) is 12.1 Å². The Labute approximate surface area is 103 Å². The van der Waals surface area contributed by atoms with Crippen molar-refractivity contribution in [2.24, 2.45) is 0 Å². The molecule has 0 bridgehead atoms. The molecule has 2 unspecified atom stereocenters. The van der Waals surface area contributed by atoms with Crippen LogP contribution in [-0.2, 0) is 11.2 Å². The summed E-state index contributed by atoms with van der Waals surface area (Å²) >= 11 is 0. The highest BCUT2D eigenvalue weighted by Crippen LogP contribution is 2.34. The van der Waals surface area contributed by atoms with Crippen molar-refractivity contribution in [3.05, 3.63) is 35.4 Å². The van der Waals surface area contributed by atoms with Crippen molar-refractivity contribution in [1.82, 2.24) is 0 Å². The highest BCUT2D eigenvalue weighted by atomic mass is 16.5. The van der Waals surface area contributed by atoms with Gasteiger partial charge in [-0.3, -0.25) is 0 Å². The summed E-state index contributed by atoms with van der Waals surface area (Å²) in [6.07, 6.45) is 6.76. The third-order valence-corrected chi connectivity index (χ3v) is 4.08. The first kappa shape index (κ1) is 11.2. The van der Waals surface area contributed by atoms with Gasteiger partial charge >= 0.3 is 0 Å². The Bertz CT molecular complexity index is 384. The molecule has 2 aliphatic rings. The van der Waals surface area contributed by atoms with E-state index in [4.69, 9.17) is 4.74 Å². The molecular formula is C15H20O2. The van der Waals surface area contributed by atoms with Gasteiger partial charge in [0.2, 0.25) is 0 Å². The summed E-state index contributed by atoms with van der Waals surface area (Å²) in [7, 11) is 0. The molecule has 17 heavy (non-hydrogen) atoms. The fourth-order valence-corrected chi connectivity index (χ4v) is 2.80. The van der Waals surface area contributed by atoms with E-state index in [0.29, 0.717) is 6.10 Å². The lowest BCUT2D eigenvalue weighted by Gasteiger charge is -2.32. The number of hydrogen-bond donors (Lipinski definition) is 1. The smallest absolute Gasteiger partial charge is 0.105 e. The largest absolute Gasteiger partial charge is 0.386 e. The van der Waals surface area contributed by atoms with E-state index in [9.17, 15) is 5.11 Å². The zero-order valence-corrected chi connectivity index (χ0v) is 10.1. The molecular weight excluding hydrogens is 212 g/mol. The zero-order chi connectivity index (χ0) is 11.7. The molecule has 0 aliphatic heterocycles. The van der Waals surface area contributed by atoms with Crippen molar-refractivity contribution in [3.8, 4) is 0 Å². The van der Waals surface area contributed by atoms with Gasteiger partial charge < -0.3 is 9.84 Å². The minimum absolute atomic E-state index is 0.00366. The predicted molar refractivity (Wildman–Crippen MR) is 66.9 cm³/mol. The maximum Gasteiger partial charge on any atom is 0.105 e. The van der Waals surface area contributed by atoms with Gasteiger partial charge in [0.1, 0.15) is 6.10 Å². The Morgan fingerprint density at radius 1 is 1.06 bits per heavy atom. The average molecular weight is 232 g/mol. The summed E-state index contributed by atoms with van der Waals surface area (Å²) in [5, 5.41) is 10.4. The van der Waals surface area contributed by atoms with Crippen LogP contribution in [0.25, 0.3) is 0 Å². The average Bonchev–Trinajstić information content (AvgIpc) is 2.45. The van der Waals surface area contributed by atoms with Crippen LogP contribution in [0.2, 0.25) is 0 Å². The highest BCUT2D eigenvalue weighted by molar-refractivity contribution is 5.31. The monoisotopic (exact) mass is 232 g/mol. The second kappa shape index (κ2) is 4.79. The number of aliphatic hydroxyl groups excluding tert-OH is 1. The molecule has 2 nitrogen and oxygen atoms in total. The van der Waals surface area contributed by atoms with Gasteiger partial charge in [0.05, 0.1) is 12.2 Å². The van der Waals surface area contributed by atoms with E-state index >= 15 is 0 Å². The zero-order valence-electron chi connectivity index (χ0n) is 10.1. The van der Waals surface area contributed by atoms with Crippen molar-refractivity contribution < 1.29 is 9.84 Å². The summed E-state index contributed by atoms with van der Waals surface area (Å²) in [6, 6.07) is 8.24. The fraction of sp³-hybridized carbons (Fsp3) is 0.600. The summed E-state index contributed by atoms with van der Waals surface area (Å²) in [6.45, 7) is 0. The molecule has 0 amide bonds. The first-order valence-corrected chi connectivity index (χ1v) is 6.76. The van der Waals surface area contributed by atoms with Gasteiger partial charge in [-0.05, 0) is 49.7 Å². The van der Waals surface area contributed by atoms with Crippen LogP contribution in [0.5, 0.6) is 0 Å². The maximum absolute atomic E-state index is 10.4. The molecule has 2 atom stereocenters. The van der Waals surface area contributed by atoms with Crippen LogP contribution in [0, 0.1) is 0 Å². The lowest BCUT2D eigenvalue weighted by atomic mass is 9.95. The number of ether oxygens (including phenoxy) is 1. The van der Waals surface area contributed by atoms with E-state index in [2.05, 4.69) is 12.1 Å². The number of hydrogen-bond acceptors (Lipinski definition) is 2. The molecule has 92 valence electrons. The third-order valence-electron chi connectivity index (χ3n) is 4.08. The first-order valence-electron chi connectivity index (χ1n) is 6.76. The van der Waals surface area contributed by atoms with E-state index in [-0.39, 0.29) is 6.10 Å². The van der Waals surface area contributed by atoms with Gasteiger partial charge in [-0.2, -0.15) is 0 Å². The summed E-state index contributed by atoms with van der Waals surface area (Å²) < 4.78 is 6.03. The molecule has 1 N–H and O–H groups in total. The maximum atomic E-state index is 10.4. The number of benzene rings is 1. The quantitative estimate of drug-likeness (QED) is 0.794. The Balaban J connectivity index is 1.78. The van der Waals surface area contributed by atoms with Gasteiger partial charge in [-0.1, -0.05) is 24.3 Å². The molecule has 0 radical (unpaired) electrons. The van der Waals surface area contributed by atoms with Gasteiger partial charge in [0, 0.05) is 0 Å². The Hall–Kier alpha value is -0.860. The lowest BCUT2D eigenvalue weighted by molar-refractivity contribution is -0.105. The molecule has 0 heterocycles. The predicted octanol–water partition coefficient (Wildman–Crippen LogP) is 2.99. The van der Waals surface area contributed by atoms with Crippen LogP contribution in [-0.4, -0.2) is 17.3 Å². The van der Waals surface area contributed by atoms with Crippen LogP contribution in [0.1, 0.15) is 49.3 Å². The second-order valence-electron chi connectivity index (χ2n) is 5.26. The molecule has 0 aromatic heterocycles. The molecule has 1 aromatic rings. The van der Waals surface area contributed by atoms with Crippen LogP contribution in [0.3, 0.4) is 0 Å². The van der Waals surface area contributed by atoms with Crippen molar-refractivity contribution in [2.75, 3.05) is 0 Å². The van der Waals surface area contributed by atoms with Crippen LogP contribution in [0.4, 0.5) is 0 Å². The Kier molecular flexibility index (Phi) is 3.17. The molecule has 2 heteroatoms. The van der Waals surface area contributed by atoms with Gasteiger partial charge in [-0.15, -0.1) is 0 Å². The molecule has 1 fully saturated rings. The molecule has 3 rings (SSSR count). The van der Waals surface area contributed by atoms with Gasteiger partial charge in [-0.25, -0.2) is 0 Å². The molecule has 0 saturated heterocycles. The number of aliphatic hydroxyl groups is 1. The van der Waals surface area contributed by atoms with Crippen LogP contribution < -0.4 is 0 Å². The van der Waals surface area contributed by atoms with Gasteiger partial charge in [0.25, 0.3) is 0 Å². The van der Waals surface area contributed by atoms with E-state index in [0.717, 1.165) is 24.8 Å². The minimum Gasteiger partial charge on any atom is -0.386 e. The molecule has 1 aromatic carbocycles. The standard InChI is InChI=1S/C15H20O2/c16-15-13-9-2-1-5-11(13)6-3-10-14(15)17-12-7-4-8-12/h1-2,5,9,12,14-16H,3-4,6-8,10H2.